The number of hydrogen-bond donors (Lipinski definition) is 2. The van der Waals surface area contributed by atoms with Gasteiger partial charge >= 0.3 is 0 Å². The Kier molecular flexibility index (Phi) is 5.10. The van der Waals surface area contributed by atoms with Crippen LogP contribution in [-0.4, -0.2) is 64.4 Å². The number of aromatic amines is 1. The van der Waals surface area contributed by atoms with Crippen molar-refractivity contribution >= 4 is 28.4 Å². The van der Waals surface area contributed by atoms with Crippen molar-refractivity contribution < 1.29 is 4.79 Å². The van der Waals surface area contributed by atoms with Gasteiger partial charge in [-0.3, -0.25) is 4.79 Å². The van der Waals surface area contributed by atoms with Gasteiger partial charge in [0.25, 0.3) is 5.91 Å². The molecule has 1 aliphatic rings. The minimum Gasteiger partial charge on any atom is -0.381 e. The number of anilines is 2. The SMILES string of the molecule is CN(C)c1ccc(N[C@@H]2CCCN(C(=O)c3ccc4n[nH]nc4c3)CC2)cn1. The number of likely N-dealkylation sites (tertiary alicyclic amines) is 1. The van der Waals surface area contributed by atoms with Crippen LogP contribution >= 0.6 is 0 Å². The van der Waals surface area contributed by atoms with Crippen molar-refractivity contribution in [3.05, 3.63) is 42.1 Å². The van der Waals surface area contributed by atoms with Gasteiger partial charge < -0.3 is 15.1 Å². The molecule has 1 aromatic carbocycles. The Morgan fingerprint density at radius 2 is 2.00 bits per heavy atom. The summed E-state index contributed by atoms with van der Waals surface area (Å²) in [6, 6.07) is 9.87. The summed E-state index contributed by atoms with van der Waals surface area (Å²) in [4.78, 5) is 21.3. The van der Waals surface area contributed by atoms with Crippen LogP contribution in [0.3, 0.4) is 0 Å². The molecule has 0 unspecified atom stereocenters. The van der Waals surface area contributed by atoms with Crippen molar-refractivity contribution in [2.45, 2.75) is 25.3 Å². The number of pyridine rings is 1. The molecule has 8 heteroatoms. The third kappa shape index (κ3) is 3.90. The lowest BCUT2D eigenvalue weighted by molar-refractivity contribution is 0.0761. The molecule has 8 nitrogen and oxygen atoms in total. The molecule has 1 fully saturated rings. The van der Waals surface area contributed by atoms with E-state index in [0.717, 1.165) is 49.4 Å². The summed E-state index contributed by atoms with van der Waals surface area (Å²) in [6.07, 6.45) is 4.78. The number of carbonyl (C=O) groups is 1. The number of rotatable bonds is 4. The maximum Gasteiger partial charge on any atom is 0.253 e. The van der Waals surface area contributed by atoms with E-state index in [0.29, 0.717) is 17.1 Å². The quantitative estimate of drug-likeness (QED) is 0.724. The van der Waals surface area contributed by atoms with Crippen LogP contribution < -0.4 is 10.2 Å². The zero-order valence-electron chi connectivity index (χ0n) is 16.2. The van der Waals surface area contributed by atoms with Crippen molar-refractivity contribution in [1.82, 2.24) is 25.3 Å². The number of H-pyrrole nitrogens is 1. The highest BCUT2D eigenvalue weighted by Gasteiger charge is 2.22. The van der Waals surface area contributed by atoms with Gasteiger partial charge in [0.2, 0.25) is 0 Å². The third-order valence-corrected chi connectivity index (χ3v) is 5.16. The fourth-order valence-electron chi connectivity index (χ4n) is 3.57. The number of carbonyl (C=O) groups excluding carboxylic acids is 1. The number of amides is 1. The molecule has 3 heterocycles. The number of fused-ring (bicyclic) bond motifs is 1. The number of nitrogens with zero attached hydrogens (tertiary/aromatic N) is 5. The second-order valence-electron chi connectivity index (χ2n) is 7.39. The molecule has 0 spiro atoms. The number of benzene rings is 1. The van der Waals surface area contributed by atoms with E-state index in [4.69, 9.17) is 0 Å². The smallest absolute Gasteiger partial charge is 0.253 e. The van der Waals surface area contributed by atoms with Gasteiger partial charge in [-0.05, 0) is 49.6 Å². The van der Waals surface area contributed by atoms with Gasteiger partial charge in [0.05, 0.1) is 11.9 Å². The highest BCUT2D eigenvalue weighted by atomic mass is 16.2. The molecule has 3 aromatic rings. The van der Waals surface area contributed by atoms with Crippen LogP contribution in [0.15, 0.2) is 36.5 Å². The van der Waals surface area contributed by atoms with Gasteiger partial charge in [0, 0.05) is 38.8 Å². The van der Waals surface area contributed by atoms with Crippen LogP contribution in [0.2, 0.25) is 0 Å². The molecule has 0 saturated carbocycles. The standard InChI is InChI=1S/C20H25N7O/c1-26(2)19-8-6-16(13-21-19)22-15-4-3-10-27(11-9-15)20(28)14-5-7-17-18(12-14)24-25-23-17/h5-8,12-13,15,22H,3-4,9-11H2,1-2H3,(H,23,24,25)/t15-/m1/s1. The molecular formula is C20H25N7O. The van der Waals surface area contributed by atoms with E-state index in [9.17, 15) is 4.79 Å². The highest BCUT2D eigenvalue weighted by molar-refractivity contribution is 5.97. The third-order valence-electron chi connectivity index (χ3n) is 5.16. The zero-order chi connectivity index (χ0) is 19.5. The second kappa shape index (κ2) is 7.84. The van der Waals surface area contributed by atoms with Gasteiger partial charge in [-0.25, -0.2) is 4.98 Å². The van der Waals surface area contributed by atoms with Crippen molar-refractivity contribution in [2.24, 2.45) is 0 Å². The Labute approximate surface area is 163 Å². The van der Waals surface area contributed by atoms with E-state index in [1.807, 2.05) is 48.3 Å². The number of nitrogens with one attached hydrogen (secondary N) is 2. The highest BCUT2D eigenvalue weighted by Crippen LogP contribution is 2.20. The molecule has 2 N–H and O–H groups in total. The molecule has 2 aromatic heterocycles. The van der Waals surface area contributed by atoms with Gasteiger partial charge in [-0.2, -0.15) is 15.4 Å². The van der Waals surface area contributed by atoms with E-state index >= 15 is 0 Å². The van der Waals surface area contributed by atoms with E-state index in [1.165, 1.54) is 0 Å². The lowest BCUT2D eigenvalue weighted by atomic mass is 10.1. The Morgan fingerprint density at radius 1 is 1.14 bits per heavy atom. The second-order valence-corrected chi connectivity index (χ2v) is 7.39. The van der Waals surface area contributed by atoms with Gasteiger partial charge in [-0.1, -0.05) is 0 Å². The Morgan fingerprint density at radius 3 is 2.79 bits per heavy atom. The lowest BCUT2D eigenvalue weighted by Crippen LogP contribution is -2.32. The molecule has 146 valence electrons. The average Bonchev–Trinajstić information content (AvgIpc) is 3.06. The molecular weight excluding hydrogens is 354 g/mol. The molecule has 28 heavy (non-hydrogen) atoms. The summed E-state index contributed by atoms with van der Waals surface area (Å²) in [5.41, 5.74) is 3.17. The largest absolute Gasteiger partial charge is 0.381 e. The fraction of sp³-hybridized carbons (Fsp3) is 0.400. The van der Waals surface area contributed by atoms with E-state index in [1.54, 1.807) is 6.07 Å². The average molecular weight is 379 g/mol. The van der Waals surface area contributed by atoms with Crippen LogP contribution in [0.4, 0.5) is 11.5 Å². The van der Waals surface area contributed by atoms with Gasteiger partial charge in [0.1, 0.15) is 16.9 Å². The molecule has 0 aliphatic carbocycles. The summed E-state index contributed by atoms with van der Waals surface area (Å²) in [5, 5.41) is 14.3. The van der Waals surface area contributed by atoms with Crippen LogP contribution in [0.1, 0.15) is 29.6 Å². The first-order valence-corrected chi connectivity index (χ1v) is 9.60. The van der Waals surface area contributed by atoms with E-state index < -0.39 is 0 Å². The molecule has 0 radical (unpaired) electrons. The first-order chi connectivity index (χ1) is 13.6. The predicted molar refractivity (Wildman–Crippen MR) is 110 cm³/mol. The van der Waals surface area contributed by atoms with Crippen LogP contribution in [0.25, 0.3) is 11.0 Å². The zero-order valence-corrected chi connectivity index (χ0v) is 16.2. The van der Waals surface area contributed by atoms with Crippen molar-refractivity contribution in [1.29, 1.82) is 0 Å². The van der Waals surface area contributed by atoms with Crippen LogP contribution in [0, 0.1) is 0 Å². The topological polar surface area (TPSA) is 90.0 Å². The summed E-state index contributed by atoms with van der Waals surface area (Å²) in [5.74, 6) is 0.995. The summed E-state index contributed by atoms with van der Waals surface area (Å²) >= 11 is 0. The summed E-state index contributed by atoms with van der Waals surface area (Å²) in [6.45, 7) is 1.50. The fourth-order valence-corrected chi connectivity index (χ4v) is 3.57. The van der Waals surface area contributed by atoms with Crippen molar-refractivity contribution in [3.8, 4) is 0 Å². The number of hydrogen-bond acceptors (Lipinski definition) is 6. The molecule has 0 bridgehead atoms. The van der Waals surface area contributed by atoms with Crippen LogP contribution in [0.5, 0.6) is 0 Å². The monoisotopic (exact) mass is 379 g/mol. The van der Waals surface area contributed by atoms with Gasteiger partial charge in [0.15, 0.2) is 0 Å². The van der Waals surface area contributed by atoms with Crippen LogP contribution in [-0.2, 0) is 0 Å². The van der Waals surface area contributed by atoms with Crippen molar-refractivity contribution in [2.75, 3.05) is 37.4 Å². The predicted octanol–water partition coefficient (Wildman–Crippen LogP) is 2.53. The first-order valence-electron chi connectivity index (χ1n) is 9.60. The van der Waals surface area contributed by atoms with E-state index in [-0.39, 0.29) is 5.91 Å². The molecule has 4 rings (SSSR count). The molecule has 1 aliphatic heterocycles. The van der Waals surface area contributed by atoms with E-state index in [2.05, 4.69) is 31.8 Å². The maximum atomic E-state index is 12.9. The summed E-state index contributed by atoms with van der Waals surface area (Å²) in [7, 11) is 3.96. The Hall–Kier alpha value is -3.16. The first kappa shape index (κ1) is 18.2. The maximum absolute atomic E-state index is 12.9. The minimum absolute atomic E-state index is 0.0579. The molecule has 1 saturated heterocycles. The minimum atomic E-state index is 0.0579. The van der Waals surface area contributed by atoms with Gasteiger partial charge in [-0.15, -0.1) is 0 Å². The summed E-state index contributed by atoms with van der Waals surface area (Å²) < 4.78 is 0. The normalized spacial score (nSPS) is 17.4. The lowest BCUT2D eigenvalue weighted by Gasteiger charge is -2.21. The molecule has 1 amide bonds. The molecule has 1 atom stereocenters. The Balaban J connectivity index is 1.38. The number of aromatic nitrogens is 4. The Bertz CT molecular complexity index is 951. The van der Waals surface area contributed by atoms with Crippen molar-refractivity contribution in [3.63, 3.8) is 0 Å².